The van der Waals surface area contributed by atoms with Gasteiger partial charge < -0.3 is 0 Å². The maximum Gasteiger partial charge on any atom is 0.324 e. The zero-order valence-corrected chi connectivity index (χ0v) is 20.4. The summed E-state index contributed by atoms with van der Waals surface area (Å²) in [5.41, 5.74) is 2.43. The summed E-state index contributed by atoms with van der Waals surface area (Å²) in [6.45, 7) is 0. The van der Waals surface area contributed by atoms with Gasteiger partial charge in [-0.1, -0.05) is 90.2 Å². The molecule has 9 heteroatoms. The summed E-state index contributed by atoms with van der Waals surface area (Å²) in [5, 5.41) is 0. The summed E-state index contributed by atoms with van der Waals surface area (Å²) in [6, 6.07) is 25.1. The van der Waals surface area contributed by atoms with Crippen molar-refractivity contribution in [3.05, 3.63) is 127 Å². The van der Waals surface area contributed by atoms with Gasteiger partial charge in [0.05, 0.1) is 4.53 Å². The molecule has 7 nitrogen and oxygen atoms in total. The second-order valence-corrected chi connectivity index (χ2v) is 9.80. The highest BCUT2D eigenvalue weighted by Gasteiger charge is 2.69. The number of urea groups is 1. The predicted octanol–water partition coefficient (Wildman–Crippen LogP) is 2.76. The minimum atomic E-state index is -1.24. The maximum atomic E-state index is 14.4. The van der Waals surface area contributed by atoms with Gasteiger partial charge >= 0.3 is 6.03 Å². The van der Waals surface area contributed by atoms with E-state index >= 15 is 0 Å². The van der Waals surface area contributed by atoms with Crippen molar-refractivity contribution in [2.75, 3.05) is 19.5 Å². The Bertz CT molecular complexity index is 1670. The number of benzene rings is 3. The zero-order chi connectivity index (χ0) is 25.1. The van der Waals surface area contributed by atoms with Crippen LogP contribution in [0.15, 0.2) is 94.7 Å². The molecular formula is C27H22FN5O2S. The molecule has 0 bridgehead atoms. The number of nitrogens with zero attached hydrogens (tertiary/aromatic N) is 4. The summed E-state index contributed by atoms with van der Waals surface area (Å²) in [5.74, 6) is -0.415. The van der Waals surface area contributed by atoms with E-state index in [0.717, 1.165) is 22.5 Å². The molecule has 2 atom stereocenters. The number of likely N-dealkylation sites (N-methyl/N-ethyl adjacent to an activating group) is 2. The summed E-state index contributed by atoms with van der Waals surface area (Å²) in [7, 11) is 3.42. The maximum absolute atomic E-state index is 14.4. The quantitative estimate of drug-likeness (QED) is 0.471. The molecule has 0 aliphatic carbocycles. The first kappa shape index (κ1) is 22.2. The first-order valence-corrected chi connectivity index (χ1v) is 12.2. The minimum Gasteiger partial charge on any atom is -0.295 e. The third-order valence-electron chi connectivity index (χ3n) is 6.96. The topological polar surface area (TPSA) is 69.9 Å². The number of aromatic nitrogens is 1. The van der Waals surface area contributed by atoms with Gasteiger partial charge in [-0.25, -0.2) is 14.2 Å². The number of thiazole rings is 1. The first-order valence-electron chi connectivity index (χ1n) is 11.4. The molecule has 0 unspecified atom stereocenters. The van der Waals surface area contributed by atoms with E-state index < -0.39 is 17.1 Å². The number of hydrogen-bond donors (Lipinski definition) is 1. The van der Waals surface area contributed by atoms with Crippen LogP contribution in [0.4, 0.5) is 9.18 Å². The number of carbonyl (C=O) groups is 1. The fraction of sp³-hybridized carbons (Fsp3) is 0.148. The predicted molar refractivity (Wildman–Crippen MR) is 136 cm³/mol. The molecule has 1 saturated heterocycles. The molecule has 0 spiro atoms. The van der Waals surface area contributed by atoms with Gasteiger partial charge in [0.1, 0.15) is 5.82 Å². The van der Waals surface area contributed by atoms with E-state index in [-0.39, 0.29) is 11.6 Å². The summed E-state index contributed by atoms with van der Waals surface area (Å²) < 4.78 is 16.1. The van der Waals surface area contributed by atoms with E-state index in [4.69, 9.17) is 4.99 Å². The zero-order valence-electron chi connectivity index (χ0n) is 19.6. The second kappa shape index (κ2) is 7.89. The largest absolute Gasteiger partial charge is 0.324 e. The van der Waals surface area contributed by atoms with Crippen LogP contribution in [0.25, 0.3) is 6.08 Å². The first-order chi connectivity index (χ1) is 17.4. The van der Waals surface area contributed by atoms with Crippen molar-refractivity contribution in [3.8, 4) is 0 Å². The standard InChI is InChI=1S/C27H22FN5O2S/c1-31-25(35)32(2)27(20-14-7-4-8-15-20)26(31,19-12-5-3-6-13-19)29-24-33(30-27)23(34)22(36-24)17-18-11-9-10-16-21(18)28/h3-17,30H,1-2H3/b22-17-/t26-,27+/m1/s1. The highest BCUT2D eigenvalue weighted by molar-refractivity contribution is 7.07. The third-order valence-corrected chi connectivity index (χ3v) is 7.93. The van der Waals surface area contributed by atoms with E-state index in [2.05, 4.69) is 5.43 Å². The van der Waals surface area contributed by atoms with Crippen LogP contribution in [0, 0.1) is 5.82 Å². The molecular weight excluding hydrogens is 477 g/mol. The fourth-order valence-corrected chi connectivity index (χ4v) is 6.21. The smallest absolute Gasteiger partial charge is 0.295 e. The van der Waals surface area contributed by atoms with Gasteiger partial charge in [-0.15, -0.1) is 0 Å². The highest BCUT2D eigenvalue weighted by atomic mass is 32.1. The molecule has 6 rings (SSSR count). The van der Waals surface area contributed by atoms with Gasteiger partial charge in [0.2, 0.25) is 16.1 Å². The van der Waals surface area contributed by atoms with Crippen molar-refractivity contribution in [2.24, 2.45) is 4.99 Å². The fourth-order valence-electron chi connectivity index (χ4n) is 5.25. The molecule has 2 aliphatic heterocycles. The number of rotatable bonds is 3. The van der Waals surface area contributed by atoms with Gasteiger partial charge in [-0.05, 0) is 12.1 Å². The summed E-state index contributed by atoms with van der Waals surface area (Å²) in [4.78, 5) is 35.9. The van der Waals surface area contributed by atoms with Crippen LogP contribution in [-0.4, -0.2) is 34.6 Å². The van der Waals surface area contributed by atoms with Crippen molar-refractivity contribution in [2.45, 2.75) is 11.3 Å². The van der Waals surface area contributed by atoms with Crippen molar-refractivity contribution in [1.82, 2.24) is 14.5 Å². The van der Waals surface area contributed by atoms with E-state index in [1.807, 2.05) is 60.7 Å². The summed E-state index contributed by atoms with van der Waals surface area (Å²) >= 11 is 1.15. The van der Waals surface area contributed by atoms with E-state index in [9.17, 15) is 14.0 Å². The monoisotopic (exact) mass is 499 g/mol. The number of amides is 2. The lowest BCUT2D eigenvalue weighted by atomic mass is 9.80. The lowest BCUT2D eigenvalue weighted by Crippen LogP contribution is -2.67. The van der Waals surface area contributed by atoms with Gasteiger partial charge in [-0.2, -0.15) is 4.68 Å². The van der Waals surface area contributed by atoms with Crippen molar-refractivity contribution < 1.29 is 9.18 Å². The van der Waals surface area contributed by atoms with Crippen molar-refractivity contribution >= 4 is 23.4 Å². The molecule has 2 aliphatic rings. The van der Waals surface area contributed by atoms with Gasteiger partial charge in [-0.3, -0.25) is 20.0 Å². The third kappa shape index (κ3) is 2.80. The second-order valence-electron chi connectivity index (χ2n) is 8.79. The molecule has 1 fully saturated rings. The van der Waals surface area contributed by atoms with Crippen LogP contribution in [0.3, 0.4) is 0 Å². The molecule has 3 aromatic carbocycles. The average molecular weight is 500 g/mol. The minimum absolute atomic E-state index is 0.250. The number of halogens is 1. The normalized spacial score (nSPS) is 23.2. The van der Waals surface area contributed by atoms with Crippen LogP contribution in [0.5, 0.6) is 0 Å². The summed E-state index contributed by atoms with van der Waals surface area (Å²) in [6.07, 6.45) is 1.53. The molecule has 36 heavy (non-hydrogen) atoms. The lowest BCUT2D eigenvalue weighted by Gasteiger charge is -2.49. The molecule has 1 aromatic heterocycles. The molecule has 1 N–H and O–H groups in total. The van der Waals surface area contributed by atoms with Gasteiger partial charge in [0.15, 0.2) is 0 Å². The van der Waals surface area contributed by atoms with E-state index in [0.29, 0.717) is 14.9 Å². The molecule has 3 heterocycles. The Balaban J connectivity index is 1.72. The Morgan fingerprint density at radius 2 is 1.47 bits per heavy atom. The average Bonchev–Trinajstić information content (AvgIpc) is 3.30. The van der Waals surface area contributed by atoms with Gasteiger partial charge in [0, 0.05) is 30.8 Å². The molecule has 4 aromatic rings. The van der Waals surface area contributed by atoms with Crippen molar-refractivity contribution in [3.63, 3.8) is 0 Å². The highest BCUT2D eigenvalue weighted by Crippen LogP contribution is 2.53. The lowest BCUT2D eigenvalue weighted by molar-refractivity contribution is 0.0648. The Morgan fingerprint density at radius 3 is 2.14 bits per heavy atom. The van der Waals surface area contributed by atoms with E-state index in [1.54, 1.807) is 42.1 Å². The Morgan fingerprint density at radius 1 is 0.861 bits per heavy atom. The molecule has 0 saturated carbocycles. The van der Waals surface area contributed by atoms with Crippen LogP contribution >= 0.6 is 11.3 Å². The van der Waals surface area contributed by atoms with Crippen LogP contribution in [0.1, 0.15) is 16.7 Å². The number of nitrogens with one attached hydrogen (secondary N) is 1. The number of carbonyl (C=O) groups excluding carboxylic acids is 1. The Labute approximate surface area is 210 Å². The Kier molecular flexibility index (Phi) is 4.87. The van der Waals surface area contributed by atoms with E-state index in [1.165, 1.54) is 16.8 Å². The van der Waals surface area contributed by atoms with Crippen LogP contribution in [0.2, 0.25) is 0 Å². The molecule has 180 valence electrons. The van der Waals surface area contributed by atoms with Crippen molar-refractivity contribution in [1.29, 1.82) is 0 Å². The Hall–Kier alpha value is -4.24. The van der Waals surface area contributed by atoms with Crippen LogP contribution in [-0.2, 0) is 11.3 Å². The molecule has 0 radical (unpaired) electrons. The molecule has 2 amide bonds. The number of fused-ring (bicyclic) bond motifs is 2. The van der Waals surface area contributed by atoms with Gasteiger partial charge in [0.25, 0.3) is 5.56 Å². The van der Waals surface area contributed by atoms with Crippen LogP contribution < -0.4 is 20.3 Å². The number of hydrogen-bond acceptors (Lipinski definition) is 5. The SMILES string of the molecule is CN1C(=O)N(C)[C@]2(c3ccccc3)Nn3c(s/c(=C\c4ccccc4F)c3=O)=N[C@]12c1ccccc1.